The topological polar surface area (TPSA) is 67.4 Å². The quantitative estimate of drug-likeness (QED) is 0.381. The second-order valence-corrected chi connectivity index (χ2v) is 8.29. The van der Waals surface area contributed by atoms with Gasteiger partial charge < -0.3 is 15.4 Å². The van der Waals surface area contributed by atoms with Crippen molar-refractivity contribution >= 4 is 29.1 Å². The van der Waals surface area contributed by atoms with Crippen molar-refractivity contribution in [3.8, 4) is 5.75 Å². The minimum Gasteiger partial charge on any atom is -0.489 e. The van der Waals surface area contributed by atoms with Crippen molar-refractivity contribution in [3.05, 3.63) is 106 Å². The molecule has 1 heterocycles. The molecule has 0 aliphatic carbocycles. The molecule has 1 aliphatic rings. The lowest BCUT2D eigenvalue weighted by Crippen LogP contribution is -2.30. The van der Waals surface area contributed by atoms with Crippen LogP contribution < -0.4 is 15.4 Å². The van der Waals surface area contributed by atoms with E-state index in [-0.39, 0.29) is 11.7 Å². The number of carbonyl (C=O) groups is 2. The highest BCUT2D eigenvalue weighted by Crippen LogP contribution is 2.23. The van der Waals surface area contributed by atoms with Crippen molar-refractivity contribution in [3.63, 3.8) is 0 Å². The van der Waals surface area contributed by atoms with Crippen LogP contribution >= 0.6 is 11.8 Å². The number of anilines is 1. The number of hydrogen-bond donors (Lipinski definition) is 2. The fourth-order valence-electron chi connectivity index (χ4n) is 3.42. The predicted molar refractivity (Wildman–Crippen MR) is 129 cm³/mol. The van der Waals surface area contributed by atoms with Gasteiger partial charge in [-0.1, -0.05) is 36.4 Å². The summed E-state index contributed by atoms with van der Waals surface area (Å²) >= 11 is 1.47. The number of amides is 1. The van der Waals surface area contributed by atoms with Crippen LogP contribution in [-0.2, 0) is 24.4 Å². The molecule has 1 aliphatic heterocycles. The van der Waals surface area contributed by atoms with Gasteiger partial charge in [-0.25, -0.2) is 0 Å². The summed E-state index contributed by atoms with van der Waals surface area (Å²) in [5.74, 6) is 0.686. The summed E-state index contributed by atoms with van der Waals surface area (Å²) in [7, 11) is 0. The number of nitrogens with one attached hydrogen (secondary N) is 2. The number of ketones is 1. The van der Waals surface area contributed by atoms with Gasteiger partial charge in [-0.15, -0.1) is 11.8 Å². The van der Waals surface area contributed by atoms with Gasteiger partial charge in [0.2, 0.25) is 5.91 Å². The number of rotatable bonds is 8. The first-order valence-corrected chi connectivity index (χ1v) is 11.6. The van der Waals surface area contributed by atoms with Crippen molar-refractivity contribution in [2.24, 2.45) is 0 Å². The minimum absolute atomic E-state index is 0.0463. The molecule has 32 heavy (non-hydrogen) atoms. The van der Waals surface area contributed by atoms with Crippen molar-refractivity contribution in [2.75, 3.05) is 11.6 Å². The Morgan fingerprint density at radius 3 is 2.59 bits per heavy atom. The zero-order chi connectivity index (χ0) is 22.3. The van der Waals surface area contributed by atoms with Gasteiger partial charge in [0, 0.05) is 23.9 Å². The van der Waals surface area contributed by atoms with Crippen molar-refractivity contribution in [1.29, 1.82) is 0 Å². The largest absolute Gasteiger partial charge is 0.489 e. The van der Waals surface area contributed by atoms with Gasteiger partial charge in [0.1, 0.15) is 12.4 Å². The van der Waals surface area contributed by atoms with Crippen LogP contribution in [0.2, 0.25) is 0 Å². The molecule has 5 nitrogen and oxygen atoms in total. The molecule has 3 aromatic rings. The van der Waals surface area contributed by atoms with Gasteiger partial charge in [0.15, 0.2) is 5.78 Å². The van der Waals surface area contributed by atoms with Crippen LogP contribution in [0.4, 0.5) is 5.69 Å². The number of allylic oxidation sites excluding steroid dienone is 1. The molecule has 0 bridgehead atoms. The third-order valence-corrected chi connectivity index (χ3v) is 5.83. The molecule has 0 saturated carbocycles. The van der Waals surface area contributed by atoms with Gasteiger partial charge in [0.25, 0.3) is 0 Å². The molecule has 0 spiro atoms. The Morgan fingerprint density at radius 2 is 1.84 bits per heavy atom. The predicted octanol–water partition coefficient (Wildman–Crippen LogP) is 4.94. The maximum atomic E-state index is 12.7. The van der Waals surface area contributed by atoms with E-state index in [0.29, 0.717) is 25.1 Å². The van der Waals surface area contributed by atoms with Gasteiger partial charge in [-0.2, -0.15) is 0 Å². The molecule has 2 N–H and O–H groups in total. The number of ether oxygens (including phenoxy) is 1. The standard InChI is InChI=1S/C26H24N2O3S/c1-32-26(28-22-10-7-20-14-25(30)27-16-21(20)13-22)15-24(29)19-8-11-23(12-9-19)31-17-18-5-3-2-4-6-18/h2-13,15,28H,14,16-17H2,1H3,(H,27,30)/b26-15-. The molecule has 1 amide bonds. The Bertz CT molecular complexity index is 1140. The third-order valence-electron chi connectivity index (χ3n) is 5.17. The number of fused-ring (bicyclic) bond motifs is 1. The maximum Gasteiger partial charge on any atom is 0.224 e. The fourth-order valence-corrected chi connectivity index (χ4v) is 3.86. The molecular weight excluding hydrogens is 420 g/mol. The first kappa shape index (κ1) is 21.7. The van der Waals surface area contributed by atoms with Crippen LogP contribution in [0, 0.1) is 0 Å². The smallest absolute Gasteiger partial charge is 0.224 e. The summed E-state index contributed by atoms with van der Waals surface area (Å²) < 4.78 is 5.79. The zero-order valence-corrected chi connectivity index (χ0v) is 18.6. The molecule has 0 unspecified atom stereocenters. The maximum absolute atomic E-state index is 12.7. The van der Waals surface area contributed by atoms with Crippen LogP contribution in [0.3, 0.4) is 0 Å². The number of benzene rings is 3. The van der Waals surface area contributed by atoms with Gasteiger partial charge in [-0.05, 0) is 59.3 Å². The van der Waals surface area contributed by atoms with E-state index < -0.39 is 0 Å². The van der Waals surface area contributed by atoms with Gasteiger partial charge >= 0.3 is 0 Å². The average Bonchev–Trinajstić information content (AvgIpc) is 2.83. The van der Waals surface area contributed by atoms with Crippen molar-refractivity contribution in [1.82, 2.24) is 5.32 Å². The van der Waals surface area contributed by atoms with Gasteiger partial charge in [0.05, 0.1) is 11.4 Å². The lowest BCUT2D eigenvalue weighted by Gasteiger charge is -2.18. The van der Waals surface area contributed by atoms with E-state index in [1.54, 1.807) is 18.2 Å². The van der Waals surface area contributed by atoms with E-state index >= 15 is 0 Å². The number of hydrogen-bond acceptors (Lipinski definition) is 5. The van der Waals surface area contributed by atoms with E-state index in [9.17, 15) is 9.59 Å². The second-order valence-electron chi connectivity index (χ2n) is 7.44. The van der Waals surface area contributed by atoms with E-state index in [1.165, 1.54) is 11.8 Å². The summed E-state index contributed by atoms with van der Waals surface area (Å²) in [5, 5.41) is 6.91. The molecule has 0 radical (unpaired) electrons. The molecule has 0 atom stereocenters. The summed E-state index contributed by atoms with van der Waals surface area (Å²) in [6.07, 6.45) is 3.93. The molecule has 6 heteroatoms. The normalized spacial score (nSPS) is 13.2. The van der Waals surface area contributed by atoms with Gasteiger partial charge in [-0.3, -0.25) is 9.59 Å². The number of thioether (sulfide) groups is 1. The SMILES string of the molecule is CS/C(=C\C(=O)c1ccc(OCc2ccccc2)cc1)Nc1ccc2c(c1)CNC(=O)C2. The summed E-state index contributed by atoms with van der Waals surface area (Å²) in [6, 6.07) is 23.0. The lowest BCUT2D eigenvalue weighted by atomic mass is 10.00. The molecule has 0 aromatic heterocycles. The molecule has 3 aromatic carbocycles. The Labute approximate surface area is 191 Å². The second kappa shape index (κ2) is 10.2. The van der Waals surface area contributed by atoms with Crippen LogP contribution in [0.25, 0.3) is 0 Å². The average molecular weight is 445 g/mol. The van der Waals surface area contributed by atoms with Crippen molar-refractivity contribution < 1.29 is 14.3 Å². The van der Waals surface area contributed by atoms with E-state index in [2.05, 4.69) is 10.6 Å². The highest BCUT2D eigenvalue weighted by atomic mass is 32.2. The highest BCUT2D eigenvalue weighted by Gasteiger charge is 2.15. The zero-order valence-electron chi connectivity index (χ0n) is 17.8. The number of carbonyl (C=O) groups excluding carboxylic acids is 2. The lowest BCUT2D eigenvalue weighted by molar-refractivity contribution is -0.121. The summed E-state index contributed by atoms with van der Waals surface area (Å²) in [4.78, 5) is 24.3. The highest BCUT2D eigenvalue weighted by molar-refractivity contribution is 8.02. The fraction of sp³-hybridized carbons (Fsp3) is 0.154. The van der Waals surface area contributed by atoms with Crippen LogP contribution in [0.5, 0.6) is 5.75 Å². The Kier molecular flexibility index (Phi) is 6.92. The third kappa shape index (κ3) is 5.59. The molecular formula is C26H24N2O3S. The van der Waals surface area contributed by atoms with Crippen LogP contribution in [-0.4, -0.2) is 17.9 Å². The molecule has 0 saturated heterocycles. The monoisotopic (exact) mass is 444 g/mol. The molecule has 4 rings (SSSR count). The summed E-state index contributed by atoms with van der Waals surface area (Å²) in [6.45, 7) is 1.01. The Balaban J connectivity index is 1.39. The van der Waals surface area contributed by atoms with E-state index in [1.807, 2.05) is 66.9 Å². The van der Waals surface area contributed by atoms with Crippen LogP contribution in [0.1, 0.15) is 27.0 Å². The summed E-state index contributed by atoms with van der Waals surface area (Å²) in [5.41, 5.74) is 4.71. The Hall–Kier alpha value is -3.51. The van der Waals surface area contributed by atoms with Crippen LogP contribution in [0.15, 0.2) is 83.9 Å². The first-order valence-electron chi connectivity index (χ1n) is 10.3. The van der Waals surface area contributed by atoms with E-state index in [0.717, 1.165) is 33.2 Å². The Morgan fingerprint density at radius 1 is 1.06 bits per heavy atom. The van der Waals surface area contributed by atoms with Crippen molar-refractivity contribution in [2.45, 2.75) is 19.6 Å². The molecule has 162 valence electrons. The molecule has 0 fully saturated rings. The minimum atomic E-state index is -0.0818. The van der Waals surface area contributed by atoms with E-state index in [4.69, 9.17) is 4.74 Å². The first-order chi connectivity index (χ1) is 15.6.